The monoisotopic (exact) mass is 410 g/mol. The van der Waals surface area contributed by atoms with Crippen molar-refractivity contribution in [2.75, 3.05) is 13.7 Å². The van der Waals surface area contributed by atoms with E-state index in [1.54, 1.807) is 35.6 Å². The van der Waals surface area contributed by atoms with Gasteiger partial charge >= 0.3 is 0 Å². The number of nitrogens with zero attached hydrogens (tertiary/aromatic N) is 4. The quantitative estimate of drug-likeness (QED) is 0.496. The van der Waals surface area contributed by atoms with Crippen molar-refractivity contribution in [1.29, 1.82) is 10.8 Å². The number of hydrogen-bond acceptors (Lipinski definition) is 6. The molecule has 9 heteroatoms. The molecule has 0 unspecified atom stereocenters. The van der Waals surface area contributed by atoms with E-state index < -0.39 is 0 Å². The molecule has 8 nitrogen and oxygen atoms in total. The third-order valence-electron chi connectivity index (χ3n) is 4.61. The number of rotatable bonds is 5. The first-order valence-electron chi connectivity index (χ1n) is 8.90. The van der Waals surface area contributed by atoms with Crippen LogP contribution < -0.4 is 4.74 Å². The van der Waals surface area contributed by atoms with Crippen molar-refractivity contribution in [1.82, 2.24) is 19.4 Å². The zero-order valence-corrected chi connectivity index (χ0v) is 16.5. The van der Waals surface area contributed by atoms with Crippen LogP contribution in [0.15, 0.2) is 48.9 Å². The molecular formula is C20H19ClN6O2. The molecular weight excluding hydrogens is 392 g/mol. The standard InChI is InChI=1S/C20H19ClN6O2/c1-28-11-18(22)26-9-17-15(10-29-19-4-2-3-7-24-19)25-12-27(17)16-6-5-13(21)8-14(16)20(26)23/h2-8,12,22-23H,9-11H2,1H3. The molecule has 4 rings (SSSR count). The van der Waals surface area contributed by atoms with Gasteiger partial charge in [0.2, 0.25) is 5.88 Å². The van der Waals surface area contributed by atoms with Gasteiger partial charge in [-0.25, -0.2) is 9.97 Å². The van der Waals surface area contributed by atoms with Gasteiger partial charge in [-0.1, -0.05) is 17.7 Å². The van der Waals surface area contributed by atoms with E-state index in [9.17, 15) is 0 Å². The molecule has 0 fully saturated rings. The second-order valence-corrected chi connectivity index (χ2v) is 6.88. The van der Waals surface area contributed by atoms with Crippen LogP contribution in [0.1, 0.15) is 17.0 Å². The van der Waals surface area contributed by atoms with Gasteiger partial charge in [-0.05, 0) is 24.3 Å². The van der Waals surface area contributed by atoms with E-state index >= 15 is 0 Å². The predicted octanol–water partition coefficient (Wildman–Crippen LogP) is 3.26. The highest BCUT2D eigenvalue weighted by atomic mass is 35.5. The van der Waals surface area contributed by atoms with Crippen molar-refractivity contribution < 1.29 is 9.47 Å². The first-order chi connectivity index (χ1) is 14.1. The van der Waals surface area contributed by atoms with E-state index in [1.165, 1.54) is 7.11 Å². The molecule has 0 spiro atoms. The Bertz CT molecular complexity index is 1070. The van der Waals surface area contributed by atoms with Crippen LogP contribution in [0.5, 0.6) is 5.88 Å². The number of hydrogen-bond donors (Lipinski definition) is 2. The maximum absolute atomic E-state index is 8.69. The molecule has 1 aromatic carbocycles. The second kappa shape index (κ2) is 8.02. The van der Waals surface area contributed by atoms with Crippen LogP contribution in [0.25, 0.3) is 5.69 Å². The van der Waals surface area contributed by atoms with Crippen LogP contribution >= 0.6 is 11.6 Å². The van der Waals surface area contributed by atoms with Gasteiger partial charge in [-0.3, -0.25) is 10.8 Å². The number of halogens is 1. The number of methoxy groups -OCH3 is 1. The Labute approximate surface area is 172 Å². The molecule has 0 saturated carbocycles. The first kappa shape index (κ1) is 19.1. The molecule has 3 heterocycles. The third-order valence-corrected chi connectivity index (χ3v) is 4.84. The van der Waals surface area contributed by atoms with Crippen LogP contribution in [0.3, 0.4) is 0 Å². The SMILES string of the molecule is COCC(=N)N1Cc2c(COc3ccccn3)ncn2-c2ccc(Cl)cc2C1=N. The van der Waals surface area contributed by atoms with E-state index in [2.05, 4.69) is 9.97 Å². The Balaban J connectivity index is 1.75. The fourth-order valence-corrected chi connectivity index (χ4v) is 3.38. The van der Waals surface area contributed by atoms with Crippen LogP contribution in [-0.4, -0.2) is 44.8 Å². The molecule has 2 N–H and O–H groups in total. The summed E-state index contributed by atoms with van der Waals surface area (Å²) in [5.74, 6) is 0.867. The Morgan fingerprint density at radius 2 is 2.10 bits per heavy atom. The van der Waals surface area contributed by atoms with Crippen molar-refractivity contribution in [3.05, 3.63) is 70.9 Å². The molecule has 148 valence electrons. The molecule has 2 aromatic heterocycles. The maximum atomic E-state index is 8.69. The van der Waals surface area contributed by atoms with Gasteiger partial charge in [0, 0.05) is 30.0 Å². The van der Waals surface area contributed by atoms with Crippen molar-refractivity contribution in [3.8, 4) is 11.6 Å². The number of ether oxygens (including phenoxy) is 2. The van der Waals surface area contributed by atoms with Crippen molar-refractivity contribution in [3.63, 3.8) is 0 Å². The summed E-state index contributed by atoms with van der Waals surface area (Å²) in [5.41, 5.74) is 2.93. The molecule has 0 amide bonds. The summed E-state index contributed by atoms with van der Waals surface area (Å²) < 4.78 is 12.8. The molecule has 0 aliphatic carbocycles. The lowest BCUT2D eigenvalue weighted by molar-refractivity contribution is 0.235. The number of fused-ring (bicyclic) bond motifs is 3. The van der Waals surface area contributed by atoms with Crippen LogP contribution in [-0.2, 0) is 17.9 Å². The highest BCUT2D eigenvalue weighted by Gasteiger charge is 2.28. The van der Waals surface area contributed by atoms with Gasteiger partial charge in [-0.2, -0.15) is 0 Å². The van der Waals surface area contributed by atoms with Gasteiger partial charge in [0.25, 0.3) is 0 Å². The Morgan fingerprint density at radius 3 is 2.86 bits per heavy atom. The van der Waals surface area contributed by atoms with E-state index in [-0.39, 0.29) is 31.4 Å². The van der Waals surface area contributed by atoms with Gasteiger partial charge in [0.05, 0.1) is 24.3 Å². The molecule has 0 saturated heterocycles. The van der Waals surface area contributed by atoms with E-state index in [0.29, 0.717) is 22.2 Å². The van der Waals surface area contributed by atoms with Gasteiger partial charge < -0.3 is 18.9 Å². The molecule has 0 atom stereocenters. The fourth-order valence-electron chi connectivity index (χ4n) is 3.21. The fraction of sp³-hybridized carbons (Fsp3) is 0.200. The molecule has 0 radical (unpaired) electrons. The van der Waals surface area contributed by atoms with Gasteiger partial charge in [-0.15, -0.1) is 0 Å². The van der Waals surface area contributed by atoms with E-state index in [0.717, 1.165) is 11.4 Å². The summed E-state index contributed by atoms with van der Waals surface area (Å²) in [6, 6.07) is 10.8. The van der Waals surface area contributed by atoms with Crippen molar-refractivity contribution >= 4 is 23.3 Å². The Morgan fingerprint density at radius 1 is 1.24 bits per heavy atom. The smallest absolute Gasteiger partial charge is 0.213 e. The number of amidine groups is 2. The van der Waals surface area contributed by atoms with Crippen molar-refractivity contribution in [2.45, 2.75) is 13.2 Å². The van der Waals surface area contributed by atoms with Crippen LogP contribution in [0.2, 0.25) is 5.02 Å². The zero-order chi connectivity index (χ0) is 20.4. The predicted molar refractivity (Wildman–Crippen MR) is 109 cm³/mol. The lowest BCUT2D eigenvalue weighted by atomic mass is 10.1. The summed E-state index contributed by atoms with van der Waals surface area (Å²) in [6.07, 6.45) is 3.37. The minimum atomic E-state index is 0.0895. The normalized spacial score (nSPS) is 12.9. The number of imidazole rings is 1. The average Bonchev–Trinajstić information content (AvgIpc) is 3.08. The molecule has 3 aromatic rings. The summed E-state index contributed by atoms with van der Waals surface area (Å²) in [6.45, 7) is 0.599. The number of nitrogens with one attached hydrogen (secondary N) is 2. The molecule has 1 aliphatic heterocycles. The summed E-state index contributed by atoms with van der Waals surface area (Å²) >= 11 is 6.19. The lowest BCUT2D eigenvalue weighted by Gasteiger charge is -2.23. The summed E-state index contributed by atoms with van der Waals surface area (Å²) in [4.78, 5) is 10.3. The number of pyridine rings is 1. The average molecular weight is 411 g/mol. The molecule has 0 bridgehead atoms. The minimum Gasteiger partial charge on any atom is -0.471 e. The van der Waals surface area contributed by atoms with Crippen LogP contribution in [0.4, 0.5) is 0 Å². The zero-order valence-electron chi connectivity index (χ0n) is 15.7. The summed E-state index contributed by atoms with van der Waals surface area (Å²) in [5, 5.41) is 17.6. The maximum Gasteiger partial charge on any atom is 0.213 e. The molecule has 1 aliphatic rings. The largest absolute Gasteiger partial charge is 0.471 e. The highest BCUT2D eigenvalue weighted by Crippen LogP contribution is 2.29. The molecule has 29 heavy (non-hydrogen) atoms. The lowest BCUT2D eigenvalue weighted by Crippen LogP contribution is -2.37. The van der Waals surface area contributed by atoms with E-state index in [1.807, 2.05) is 22.8 Å². The van der Waals surface area contributed by atoms with E-state index in [4.69, 9.17) is 31.9 Å². The number of aromatic nitrogens is 3. The second-order valence-electron chi connectivity index (χ2n) is 6.44. The van der Waals surface area contributed by atoms with Crippen molar-refractivity contribution in [2.24, 2.45) is 0 Å². The third kappa shape index (κ3) is 3.72. The minimum absolute atomic E-state index is 0.0895. The topological polar surface area (TPSA) is 100 Å². The summed E-state index contributed by atoms with van der Waals surface area (Å²) in [7, 11) is 1.52. The highest BCUT2D eigenvalue weighted by molar-refractivity contribution is 6.31. The van der Waals surface area contributed by atoms with Crippen LogP contribution in [0, 0.1) is 10.8 Å². The van der Waals surface area contributed by atoms with Gasteiger partial charge in [0.1, 0.15) is 30.6 Å². The Kier molecular flexibility index (Phi) is 5.28. The first-order valence-corrected chi connectivity index (χ1v) is 9.28. The number of benzene rings is 1. The van der Waals surface area contributed by atoms with Gasteiger partial charge in [0.15, 0.2) is 0 Å². The Hall–Kier alpha value is -3.23.